The van der Waals surface area contributed by atoms with Crippen LogP contribution in [0.2, 0.25) is 0 Å². The second-order valence-corrected chi connectivity index (χ2v) is 4.10. The van der Waals surface area contributed by atoms with E-state index >= 15 is 0 Å². The highest BCUT2D eigenvalue weighted by Gasteiger charge is 2.16. The molecule has 86 valence electrons. The lowest BCUT2D eigenvalue weighted by atomic mass is 10.3. The van der Waals surface area contributed by atoms with Gasteiger partial charge >= 0.3 is 0 Å². The molecule has 1 aromatic rings. The summed E-state index contributed by atoms with van der Waals surface area (Å²) in [4.78, 5) is 0. The minimum Gasteiger partial charge on any atom is -0.336 e. The summed E-state index contributed by atoms with van der Waals surface area (Å²) in [5.41, 5.74) is 2.54. The van der Waals surface area contributed by atoms with Crippen molar-refractivity contribution in [3.05, 3.63) is 30.3 Å². The van der Waals surface area contributed by atoms with Crippen LogP contribution in [0.3, 0.4) is 0 Å². The lowest BCUT2D eigenvalue weighted by Gasteiger charge is -2.21. The van der Waals surface area contributed by atoms with Gasteiger partial charge in [-0.25, -0.2) is 5.84 Å². The van der Waals surface area contributed by atoms with E-state index in [1.165, 1.54) is 0 Å². The van der Waals surface area contributed by atoms with Crippen LogP contribution in [0.5, 0.6) is 0 Å². The van der Waals surface area contributed by atoms with Gasteiger partial charge in [0.2, 0.25) is 0 Å². The molecular formula is C10H15N5S. The highest BCUT2D eigenvalue weighted by atomic mass is 32.1. The Labute approximate surface area is 100 Å². The highest BCUT2D eigenvalue weighted by Crippen LogP contribution is 2.14. The predicted octanol–water partition coefficient (Wildman–Crippen LogP) is 1.84. The number of azo groups is 1. The molecule has 0 radical (unpaired) electrons. The quantitative estimate of drug-likeness (QED) is 0.324. The van der Waals surface area contributed by atoms with Crippen molar-refractivity contribution in [3.8, 4) is 0 Å². The van der Waals surface area contributed by atoms with Gasteiger partial charge in [0.05, 0.1) is 5.69 Å². The predicted molar refractivity (Wildman–Crippen MR) is 68.1 cm³/mol. The molecule has 0 heterocycles. The molecule has 16 heavy (non-hydrogen) atoms. The number of nitrogens with zero attached hydrogens (tertiary/aromatic N) is 2. The summed E-state index contributed by atoms with van der Waals surface area (Å²) >= 11 is 4.89. The molecule has 0 saturated heterocycles. The number of nitrogens with two attached hydrogens (primary N) is 1. The van der Waals surface area contributed by atoms with E-state index in [-0.39, 0.29) is 0 Å². The number of rotatable bonds is 3. The third-order valence-electron chi connectivity index (χ3n) is 1.72. The van der Waals surface area contributed by atoms with Crippen molar-refractivity contribution in [2.45, 2.75) is 19.5 Å². The summed E-state index contributed by atoms with van der Waals surface area (Å²) in [5, 5.41) is 11.5. The fraction of sp³-hybridized carbons (Fsp3) is 0.300. The van der Waals surface area contributed by atoms with Crippen LogP contribution in [-0.4, -0.2) is 10.8 Å². The molecule has 0 saturated carbocycles. The van der Waals surface area contributed by atoms with Crippen molar-refractivity contribution in [2.75, 3.05) is 0 Å². The van der Waals surface area contributed by atoms with Gasteiger partial charge in [-0.1, -0.05) is 18.2 Å². The first-order valence-electron chi connectivity index (χ1n) is 4.80. The summed E-state index contributed by atoms with van der Waals surface area (Å²) in [6.45, 7) is 3.70. The highest BCUT2D eigenvalue weighted by molar-refractivity contribution is 7.80. The Morgan fingerprint density at radius 1 is 1.31 bits per heavy atom. The molecule has 0 aromatic heterocycles. The largest absolute Gasteiger partial charge is 0.336 e. The zero-order valence-electron chi connectivity index (χ0n) is 9.27. The van der Waals surface area contributed by atoms with E-state index in [2.05, 4.69) is 21.0 Å². The monoisotopic (exact) mass is 237 g/mol. The van der Waals surface area contributed by atoms with E-state index in [1.54, 1.807) is 0 Å². The van der Waals surface area contributed by atoms with Crippen LogP contribution in [0.4, 0.5) is 5.69 Å². The number of benzene rings is 1. The zero-order valence-corrected chi connectivity index (χ0v) is 10.1. The van der Waals surface area contributed by atoms with Crippen LogP contribution < -0.4 is 16.6 Å². The van der Waals surface area contributed by atoms with Crippen molar-refractivity contribution in [3.63, 3.8) is 0 Å². The molecule has 5 nitrogen and oxygen atoms in total. The van der Waals surface area contributed by atoms with Gasteiger partial charge in [-0.3, -0.25) is 0 Å². The molecule has 0 amide bonds. The number of hydrazine groups is 1. The Kier molecular flexibility index (Phi) is 4.33. The fourth-order valence-electron chi connectivity index (χ4n) is 1.02. The normalized spacial score (nSPS) is 11.4. The van der Waals surface area contributed by atoms with Gasteiger partial charge in [0.15, 0.2) is 5.11 Å². The number of nitrogens with one attached hydrogen (secondary N) is 2. The molecule has 0 bridgehead atoms. The van der Waals surface area contributed by atoms with Gasteiger partial charge < -0.3 is 10.7 Å². The molecule has 4 N–H and O–H groups in total. The molecule has 0 fully saturated rings. The third kappa shape index (κ3) is 4.33. The number of hydrogen-bond acceptors (Lipinski definition) is 4. The zero-order chi connectivity index (χ0) is 12.0. The lowest BCUT2D eigenvalue weighted by Crippen LogP contribution is -2.49. The second kappa shape index (κ2) is 5.53. The van der Waals surface area contributed by atoms with E-state index in [9.17, 15) is 0 Å². The van der Waals surface area contributed by atoms with Crippen LogP contribution in [0.15, 0.2) is 40.6 Å². The standard InChI is InChI=1S/C10H15N5S/c1-10(2,12-9(16)13-11)15-14-8-6-4-3-5-7-8/h3-7H,11H2,1-2H3,(H2,12,13,16). The fourth-order valence-corrected chi connectivity index (χ4v) is 1.27. The molecule has 1 aromatic carbocycles. The first-order valence-corrected chi connectivity index (χ1v) is 5.21. The van der Waals surface area contributed by atoms with Crippen LogP contribution in [0.1, 0.15) is 13.8 Å². The summed E-state index contributed by atoms with van der Waals surface area (Å²) < 4.78 is 0. The summed E-state index contributed by atoms with van der Waals surface area (Å²) in [6, 6.07) is 9.48. The molecule has 0 spiro atoms. The SMILES string of the molecule is CC(C)(N=Nc1ccccc1)NC(=S)NN. The van der Waals surface area contributed by atoms with Gasteiger partial charge in [-0.15, -0.1) is 0 Å². The molecule has 0 atom stereocenters. The van der Waals surface area contributed by atoms with Crippen molar-refractivity contribution >= 4 is 23.0 Å². The van der Waals surface area contributed by atoms with Crippen LogP contribution in [0, 0.1) is 0 Å². The maximum atomic E-state index is 5.16. The van der Waals surface area contributed by atoms with Gasteiger partial charge in [-0.2, -0.15) is 10.2 Å². The third-order valence-corrected chi connectivity index (χ3v) is 1.94. The van der Waals surface area contributed by atoms with E-state index in [0.29, 0.717) is 5.11 Å². The van der Waals surface area contributed by atoms with Crippen molar-refractivity contribution in [2.24, 2.45) is 16.1 Å². The van der Waals surface area contributed by atoms with Crippen LogP contribution >= 0.6 is 12.2 Å². The summed E-state index contributed by atoms with van der Waals surface area (Å²) in [7, 11) is 0. The summed E-state index contributed by atoms with van der Waals surface area (Å²) in [6.07, 6.45) is 0. The maximum absolute atomic E-state index is 5.16. The molecular weight excluding hydrogens is 222 g/mol. The molecule has 0 aliphatic carbocycles. The smallest absolute Gasteiger partial charge is 0.182 e. The molecule has 1 rings (SSSR count). The first kappa shape index (κ1) is 12.5. The van der Waals surface area contributed by atoms with E-state index in [0.717, 1.165) is 5.69 Å². The molecule has 0 unspecified atom stereocenters. The lowest BCUT2D eigenvalue weighted by molar-refractivity contribution is 0.459. The average molecular weight is 237 g/mol. The topological polar surface area (TPSA) is 74.8 Å². The van der Waals surface area contributed by atoms with Gasteiger partial charge in [0, 0.05) is 0 Å². The van der Waals surface area contributed by atoms with Crippen molar-refractivity contribution in [1.29, 1.82) is 0 Å². The first-order chi connectivity index (χ1) is 7.53. The number of hydrogen-bond donors (Lipinski definition) is 3. The number of thiocarbonyl (C=S) groups is 1. The van der Waals surface area contributed by atoms with Gasteiger partial charge in [0.25, 0.3) is 0 Å². The van der Waals surface area contributed by atoms with E-state index < -0.39 is 5.66 Å². The van der Waals surface area contributed by atoms with E-state index in [1.807, 2.05) is 44.2 Å². The Hall–Kier alpha value is -1.53. The van der Waals surface area contributed by atoms with E-state index in [4.69, 9.17) is 18.1 Å². The molecule has 6 heteroatoms. The average Bonchev–Trinajstić information content (AvgIpc) is 2.27. The maximum Gasteiger partial charge on any atom is 0.182 e. The molecule has 0 aliphatic rings. The minimum atomic E-state index is -0.598. The van der Waals surface area contributed by atoms with Gasteiger partial charge in [-0.05, 0) is 38.2 Å². The molecule has 0 aliphatic heterocycles. The second-order valence-electron chi connectivity index (χ2n) is 3.69. The van der Waals surface area contributed by atoms with Crippen molar-refractivity contribution < 1.29 is 0 Å². The Morgan fingerprint density at radius 3 is 2.50 bits per heavy atom. The summed E-state index contributed by atoms with van der Waals surface area (Å²) in [5.74, 6) is 5.16. The van der Waals surface area contributed by atoms with Crippen LogP contribution in [0.25, 0.3) is 0 Å². The minimum absolute atomic E-state index is 0.331. The Bertz CT molecular complexity index is 374. The Morgan fingerprint density at radius 2 is 1.94 bits per heavy atom. The van der Waals surface area contributed by atoms with Gasteiger partial charge in [0.1, 0.15) is 5.66 Å². The van der Waals surface area contributed by atoms with Crippen LogP contribution in [-0.2, 0) is 0 Å². The van der Waals surface area contributed by atoms with Crippen molar-refractivity contribution in [1.82, 2.24) is 10.7 Å². The Balaban J connectivity index is 2.65.